The highest BCUT2D eigenvalue weighted by Crippen LogP contribution is 2.51. The SMILES string of the molecule is O=C(CCn1cc(CN2CC[C@]3(C[C@@H]2F)OCCc2c3sc(C(F)(F)F)c2CO)cn1)NC1CC1. The number of amides is 1. The number of alkyl halides is 4. The van der Waals surface area contributed by atoms with Gasteiger partial charge in [-0.25, -0.2) is 4.39 Å². The van der Waals surface area contributed by atoms with Crippen molar-refractivity contribution in [2.24, 2.45) is 0 Å². The number of rotatable bonds is 7. The summed E-state index contributed by atoms with van der Waals surface area (Å²) in [5.41, 5.74) is 0.0511. The number of aryl methyl sites for hydroxylation is 1. The Morgan fingerprint density at radius 2 is 2.17 bits per heavy atom. The van der Waals surface area contributed by atoms with E-state index in [2.05, 4.69) is 10.4 Å². The fourth-order valence-corrected chi connectivity index (χ4v) is 6.42. The number of aliphatic hydroxyl groups is 1. The molecule has 1 spiro atoms. The van der Waals surface area contributed by atoms with Crippen LogP contribution in [0, 0.1) is 0 Å². The molecule has 0 unspecified atom stereocenters. The van der Waals surface area contributed by atoms with Gasteiger partial charge in [0.25, 0.3) is 0 Å². The predicted octanol–water partition coefficient (Wildman–Crippen LogP) is 3.48. The minimum Gasteiger partial charge on any atom is -0.392 e. The van der Waals surface area contributed by atoms with Gasteiger partial charge in [-0.1, -0.05) is 0 Å². The molecule has 1 saturated carbocycles. The second kappa shape index (κ2) is 9.45. The summed E-state index contributed by atoms with van der Waals surface area (Å²) in [7, 11) is 0. The molecule has 3 aliphatic rings. The van der Waals surface area contributed by atoms with Gasteiger partial charge in [-0.05, 0) is 31.2 Å². The summed E-state index contributed by atoms with van der Waals surface area (Å²) in [5.74, 6) is -0.00633. The second-order valence-electron chi connectivity index (χ2n) is 9.53. The van der Waals surface area contributed by atoms with Crippen molar-refractivity contribution in [1.82, 2.24) is 20.0 Å². The van der Waals surface area contributed by atoms with Crippen molar-refractivity contribution in [2.45, 2.75) is 82.3 Å². The Bertz CT molecular complexity index is 1080. The van der Waals surface area contributed by atoms with E-state index in [4.69, 9.17) is 4.74 Å². The summed E-state index contributed by atoms with van der Waals surface area (Å²) in [4.78, 5) is 13.1. The van der Waals surface area contributed by atoms with E-state index in [1.807, 2.05) is 0 Å². The summed E-state index contributed by atoms with van der Waals surface area (Å²) in [6.45, 7) is 0.544. The lowest BCUT2D eigenvalue weighted by molar-refractivity contribution is -0.136. The number of ether oxygens (including phenoxy) is 1. The Labute approximate surface area is 204 Å². The van der Waals surface area contributed by atoms with E-state index in [1.54, 1.807) is 22.0 Å². The highest BCUT2D eigenvalue weighted by molar-refractivity contribution is 7.12. The van der Waals surface area contributed by atoms with Crippen molar-refractivity contribution in [3.8, 4) is 0 Å². The van der Waals surface area contributed by atoms with E-state index in [1.165, 1.54) is 0 Å². The molecule has 0 bridgehead atoms. The number of hydrogen-bond acceptors (Lipinski definition) is 6. The molecule has 1 saturated heterocycles. The zero-order valence-electron chi connectivity index (χ0n) is 19.1. The first kappa shape index (κ1) is 24.7. The van der Waals surface area contributed by atoms with Crippen LogP contribution < -0.4 is 5.32 Å². The number of aromatic nitrogens is 2. The van der Waals surface area contributed by atoms with Crippen molar-refractivity contribution in [1.29, 1.82) is 0 Å². The van der Waals surface area contributed by atoms with Crippen LogP contribution in [0.4, 0.5) is 17.6 Å². The van der Waals surface area contributed by atoms with Gasteiger partial charge in [-0.2, -0.15) is 18.3 Å². The van der Waals surface area contributed by atoms with Gasteiger partial charge < -0.3 is 15.2 Å². The van der Waals surface area contributed by atoms with Gasteiger partial charge in [0, 0.05) is 60.7 Å². The first-order chi connectivity index (χ1) is 16.7. The average molecular weight is 517 g/mol. The fourth-order valence-electron chi connectivity index (χ4n) is 5.01. The number of fused-ring (bicyclic) bond motifs is 2. The van der Waals surface area contributed by atoms with E-state index in [9.17, 15) is 23.1 Å². The topological polar surface area (TPSA) is 79.6 Å². The van der Waals surface area contributed by atoms with Crippen molar-refractivity contribution < 1.29 is 32.2 Å². The minimum atomic E-state index is -4.57. The number of piperidine rings is 1. The smallest absolute Gasteiger partial charge is 0.392 e. The van der Waals surface area contributed by atoms with Crippen LogP contribution >= 0.6 is 11.3 Å². The Kier molecular flexibility index (Phi) is 6.66. The van der Waals surface area contributed by atoms with Gasteiger partial charge in [-0.15, -0.1) is 11.3 Å². The zero-order chi connectivity index (χ0) is 24.8. The van der Waals surface area contributed by atoms with Crippen LogP contribution in [0.2, 0.25) is 0 Å². The second-order valence-corrected chi connectivity index (χ2v) is 10.5. The Morgan fingerprint density at radius 3 is 2.86 bits per heavy atom. The van der Waals surface area contributed by atoms with Gasteiger partial charge in [0.2, 0.25) is 5.91 Å². The third-order valence-corrected chi connectivity index (χ3v) is 8.46. The molecule has 192 valence electrons. The molecule has 0 radical (unpaired) electrons. The highest BCUT2D eigenvalue weighted by atomic mass is 32.1. The van der Waals surface area contributed by atoms with Gasteiger partial charge in [0.1, 0.15) is 10.5 Å². The van der Waals surface area contributed by atoms with Crippen LogP contribution in [-0.4, -0.2) is 51.2 Å². The van der Waals surface area contributed by atoms with E-state index in [-0.39, 0.29) is 30.9 Å². The number of nitrogens with one attached hydrogen (secondary N) is 1. The molecular weight excluding hydrogens is 488 g/mol. The molecule has 12 heteroatoms. The zero-order valence-corrected chi connectivity index (χ0v) is 19.9. The molecule has 35 heavy (non-hydrogen) atoms. The fraction of sp³-hybridized carbons (Fsp3) is 0.652. The van der Waals surface area contributed by atoms with Gasteiger partial charge >= 0.3 is 6.18 Å². The van der Waals surface area contributed by atoms with Gasteiger partial charge in [-0.3, -0.25) is 14.4 Å². The Morgan fingerprint density at radius 1 is 1.37 bits per heavy atom. The number of hydrogen-bond donors (Lipinski definition) is 2. The third-order valence-electron chi connectivity index (χ3n) is 6.96. The highest BCUT2D eigenvalue weighted by Gasteiger charge is 2.49. The molecule has 2 fully saturated rings. The standard InChI is InChI=1S/C23H28F4N4O3S/c24-18-9-22(20-16(4-8-34-22)17(13-32)21(35-20)23(25,26)27)5-7-30(18)11-14-10-28-31(12-14)6-3-19(33)29-15-1-2-15/h10,12,15,18,32H,1-9,11,13H2,(H,29,33)/t18-,22-/m1/s1. The number of carbonyl (C=O) groups excluding carboxylic acids is 1. The summed E-state index contributed by atoms with van der Waals surface area (Å²) in [5, 5.41) is 16.8. The van der Waals surface area contributed by atoms with Gasteiger partial charge in [0.05, 0.1) is 19.4 Å². The van der Waals surface area contributed by atoms with Crippen LogP contribution in [0.3, 0.4) is 0 Å². The lowest BCUT2D eigenvalue weighted by Gasteiger charge is -2.45. The molecule has 2 atom stereocenters. The number of nitrogens with zero attached hydrogens (tertiary/aromatic N) is 3. The molecule has 2 aromatic rings. The summed E-state index contributed by atoms with van der Waals surface area (Å²) >= 11 is 0.583. The quantitative estimate of drug-likeness (QED) is 0.435. The molecule has 1 aliphatic carbocycles. The van der Waals surface area contributed by atoms with Crippen molar-refractivity contribution in [3.63, 3.8) is 0 Å². The van der Waals surface area contributed by atoms with E-state index >= 15 is 4.39 Å². The van der Waals surface area contributed by atoms with Crippen LogP contribution in [0.15, 0.2) is 12.4 Å². The largest absolute Gasteiger partial charge is 0.425 e. The van der Waals surface area contributed by atoms with Crippen molar-refractivity contribution in [3.05, 3.63) is 38.8 Å². The van der Waals surface area contributed by atoms with E-state index < -0.39 is 29.6 Å². The number of thiophene rings is 1. The molecule has 4 heterocycles. The molecular formula is C23H28F4N4O3S. The maximum Gasteiger partial charge on any atom is 0.425 e. The summed E-state index contributed by atoms with van der Waals surface area (Å²) in [6.07, 6.45) is 0.411. The van der Waals surface area contributed by atoms with Crippen LogP contribution in [0.1, 0.15) is 58.5 Å². The molecule has 2 N–H and O–H groups in total. The van der Waals surface area contributed by atoms with Crippen LogP contribution in [-0.2, 0) is 47.4 Å². The first-order valence-electron chi connectivity index (χ1n) is 11.8. The van der Waals surface area contributed by atoms with E-state index in [0.717, 1.165) is 18.4 Å². The van der Waals surface area contributed by atoms with Gasteiger partial charge in [0.15, 0.2) is 6.30 Å². The number of carbonyl (C=O) groups is 1. The molecule has 7 nitrogen and oxygen atoms in total. The van der Waals surface area contributed by atoms with Crippen LogP contribution in [0.5, 0.6) is 0 Å². The number of likely N-dealkylation sites (tertiary alicyclic amines) is 1. The number of halogens is 4. The Hall–Kier alpha value is -2.02. The summed E-state index contributed by atoms with van der Waals surface area (Å²) < 4.78 is 63.7. The minimum absolute atomic E-state index is 0.00633. The first-order valence-corrected chi connectivity index (χ1v) is 12.7. The van der Waals surface area contributed by atoms with E-state index in [0.29, 0.717) is 60.3 Å². The molecule has 5 rings (SSSR count). The lowest BCUT2D eigenvalue weighted by atomic mass is 9.83. The molecule has 2 aliphatic heterocycles. The average Bonchev–Trinajstić information content (AvgIpc) is 3.34. The van der Waals surface area contributed by atoms with Crippen molar-refractivity contribution >= 4 is 17.2 Å². The maximum absolute atomic E-state index is 15.4. The molecule has 2 aromatic heterocycles. The third kappa shape index (κ3) is 5.11. The lowest BCUT2D eigenvalue weighted by Crippen LogP contribution is -2.49. The van der Waals surface area contributed by atoms with Crippen LogP contribution in [0.25, 0.3) is 0 Å². The molecule has 0 aromatic carbocycles. The predicted molar refractivity (Wildman–Crippen MR) is 119 cm³/mol. The van der Waals surface area contributed by atoms with Crippen molar-refractivity contribution in [2.75, 3.05) is 13.2 Å². The number of aliphatic hydroxyl groups excluding tert-OH is 1. The molecule has 1 amide bonds. The monoisotopic (exact) mass is 516 g/mol. The Balaban J connectivity index is 1.24. The summed E-state index contributed by atoms with van der Waals surface area (Å²) in [6, 6.07) is 0.313. The normalized spacial score (nSPS) is 25.1. The maximum atomic E-state index is 15.4.